The summed E-state index contributed by atoms with van der Waals surface area (Å²) in [4.78, 5) is 30.3. The summed E-state index contributed by atoms with van der Waals surface area (Å²) in [6.07, 6.45) is 4.83. The number of anilines is 1. The van der Waals surface area contributed by atoms with Gasteiger partial charge in [-0.3, -0.25) is 14.6 Å². The van der Waals surface area contributed by atoms with E-state index in [1.54, 1.807) is 23.4 Å². The molecule has 1 N–H and O–H groups in total. The Morgan fingerprint density at radius 3 is 2.56 bits per heavy atom. The Bertz CT molecular complexity index is 737. The van der Waals surface area contributed by atoms with Crippen molar-refractivity contribution in [1.82, 2.24) is 9.88 Å². The van der Waals surface area contributed by atoms with Gasteiger partial charge in [0, 0.05) is 31.2 Å². The van der Waals surface area contributed by atoms with E-state index in [4.69, 9.17) is 0 Å². The van der Waals surface area contributed by atoms with Gasteiger partial charge in [0.2, 0.25) is 11.8 Å². The molecule has 0 spiro atoms. The van der Waals surface area contributed by atoms with E-state index in [-0.39, 0.29) is 18.2 Å². The Morgan fingerprint density at radius 2 is 1.96 bits per heavy atom. The molecule has 0 bridgehead atoms. The predicted molar refractivity (Wildman–Crippen MR) is 99.0 cm³/mol. The smallest absolute Gasteiger partial charge is 0.233 e. The van der Waals surface area contributed by atoms with Crippen LogP contribution in [-0.2, 0) is 16.1 Å². The van der Waals surface area contributed by atoms with Crippen LogP contribution in [0.4, 0.5) is 5.69 Å². The highest BCUT2D eigenvalue weighted by Crippen LogP contribution is 2.14. The van der Waals surface area contributed by atoms with Gasteiger partial charge in [-0.15, -0.1) is 6.58 Å². The van der Waals surface area contributed by atoms with E-state index in [1.165, 1.54) is 0 Å². The van der Waals surface area contributed by atoms with Crippen molar-refractivity contribution in [3.05, 3.63) is 72.1 Å². The first kappa shape index (κ1) is 18.4. The van der Waals surface area contributed by atoms with Crippen LogP contribution in [0, 0.1) is 13.8 Å². The van der Waals surface area contributed by atoms with Gasteiger partial charge in [0.15, 0.2) is 0 Å². The van der Waals surface area contributed by atoms with Gasteiger partial charge >= 0.3 is 0 Å². The van der Waals surface area contributed by atoms with Crippen molar-refractivity contribution >= 4 is 17.5 Å². The lowest BCUT2D eigenvalue weighted by molar-refractivity contribution is -0.134. The zero-order valence-electron chi connectivity index (χ0n) is 14.7. The number of aromatic nitrogens is 1. The molecule has 0 saturated heterocycles. The number of aryl methyl sites for hydroxylation is 2. The first-order valence-electron chi connectivity index (χ1n) is 8.13. The molecule has 0 radical (unpaired) electrons. The fourth-order valence-electron chi connectivity index (χ4n) is 2.62. The van der Waals surface area contributed by atoms with E-state index in [0.717, 1.165) is 16.7 Å². The summed E-state index contributed by atoms with van der Waals surface area (Å²) in [5, 5.41) is 2.79. The normalized spacial score (nSPS) is 10.2. The minimum Gasteiger partial charge on any atom is -0.334 e. The third kappa shape index (κ3) is 5.88. The summed E-state index contributed by atoms with van der Waals surface area (Å²) in [6.45, 7) is 8.39. The molecular formula is C20H23N3O2. The Balaban J connectivity index is 1.99. The van der Waals surface area contributed by atoms with Crippen LogP contribution >= 0.6 is 0 Å². The molecule has 1 aromatic heterocycles. The molecule has 0 aliphatic heterocycles. The first-order chi connectivity index (χ1) is 12.0. The standard InChI is InChI=1S/C20H23N3O2/c1-4-8-23(14-17-6-5-7-21-13-17)20(25)12-19(24)22-18-10-15(2)9-16(3)11-18/h4-7,9-11,13H,1,8,12,14H2,2-3H3,(H,22,24). The predicted octanol–water partition coefficient (Wildman–Crippen LogP) is 3.24. The van der Waals surface area contributed by atoms with Crippen LogP contribution in [-0.4, -0.2) is 28.2 Å². The Kier molecular flexibility index (Phi) is 6.46. The van der Waals surface area contributed by atoms with Crippen molar-refractivity contribution in [2.24, 2.45) is 0 Å². The van der Waals surface area contributed by atoms with Crippen LogP contribution in [0.1, 0.15) is 23.1 Å². The van der Waals surface area contributed by atoms with Crippen molar-refractivity contribution in [3.63, 3.8) is 0 Å². The topological polar surface area (TPSA) is 62.3 Å². The number of carbonyl (C=O) groups is 2. The molecule has 0 unspecified atom stereocenters. The van der Waals surface area contributed by atoms with Gasteiger partial charge in [-0.1, -0.05) is 18.2 Å². The van der Waals surface area contributed by atoms with Crippen LogP contribution in [0.25, 0.3) is 0 Å². The van der Waals surface area contributed by atoms with Gasteiger partial charge in [0.1, 0.15) is 6.42 Å². The van der Waals surface area contributed by atoms with E-state index in [1.807, 2.05) is 44.2 Å². The second-order valence-electron chi connectivity index (χ2n) is 6.03. The number of nitrogens with one attached hydrogen (secondary N) is 1. The minimum absolute atomic E-state index is 0.207. The SMILES string of the molecule is C=CCN(Cc1cccnc1)C(=O)CC(=O)Nc1cc(C)cc(C)c1. The van der Waals surface area contributed by atoms with Crippen LogP contribution in [0.15, 0.2) is 55.4 Å². The zero-order valence-corrected chi connectivity index (χ0v) is 14.7. The Hall–Kier alpha value is -2.95. The molecule has 0 aliphatic carbocycles. The monoisotopic (exact) mass is 337 g/mol. The second-order valence-corrected chi connectivity index (χ2v) is 6.03. The van der Waals surface area contributed by atoms with Crippen molar-refractivity contribution in [2.75, 3.05) is 11.9 Å². The Morgan fingerprint density at radius 1 is 1.24 bits per heavy atom. The lowest BCUT2D eigenvalue weighted by Gasteiger charge is -2.21. The Labute approximate surface area is 148 Å². The average molecular weight is 337 g/mol. The van der Waals surface area contributed by atoms with Crippen molar-refractivity contribution in [3.8, 4) is 0 Å². The number of nitrogens with zero attached hydrogens (tertiary/aromatic N) is 2. The quantitative estimate of drug-likeness (QED) is 0.623. The average Bonchev–Trinajstić information content (AvgIpc) is 2.54. The van der Waals surface area contributed by atoms with Crippen molar-refractivity contribution in [2.45, 2.75) is 26.8 Å². The van der Waals surface area contributed by atoms with Gasteiger partial charge < -0.3 is 10.2 Å². The maximum atomic E-state index is 12.5. The fraction of sp³-hybridized carbons (Fsp3) is 0.250. The van der Waals surface area contributed by atoms with Gasteiger partial charge in [-0.2, -0.15) is 0 Å². The number of carbonyl (C=O) groups excluding carboxylic acids is 2. The molecule has 2 aromatic rings. The number of benzene rings is 1. The van der Waals surface area contributed by atoms with E-state index >= 15 is 0 Å². The number of hydrogen-bond acceptors (Lipinski definition) is 3. The number of rotatable bonds is 7. The molecule has 0 aliphatic rings. The fourth-order valence-corrected chi connectivity index (χ4v) is 2.62. The third-order valence-corrected chi connectivity index (χ3v) is 3.62. The summed E-state index contributed by atoms with van der Waals surface area (Å²) in [6, 6.07) is 9.50. The third-order valence-electron chi connectivity index (χ3n) is 3.62. The van der Waals surface area contributed by atoms with Crippen LogP contribution in [0.2, 0.25) is 0 Å². The summed E-state index contributed by atoms with van der Waals surface area (Å²) in [5.74, 6) is -0.569. The highest BCUT2D eigenvalue weighted by Gasteiger charge is 2.17. The van der Waals surface area contributed by atoms with Crippen LogP contribution in [0.5, 0.6) is 0 Å². The summed E-state index contributed by atoms with van der Waals surface area (Å²) in [5.41, 5.74) is 3.74. The largest absolute Gasteiger partial charge is 0.334 e. The molecular weight excluding hydrogens is 314 g/mol. The molecule has 0 atom stereocenters. The molecule has 2 amide bonds. The molecule has 25 heavy (non-hydrogen) atoms. The number of hydrogen-bond donors (Lipinski definition) is 1. The summed E-state index contributed by atoms with van der Waals surface area (Å²) in [7, 11) is 0. The highest BCUT2D eigenvalue weighted by atomic mass is 16.2. The summed E-state index contributed by atoms with van der Waals surface area (Å²) >= 11 is 0. The molecule has 1 heterocycles. The second kappa shape index (κ2) is 8.78. The molecule has 0 saturated carbocycles. The maximum absolute atomic E-state index is 12.5. The first-order valence-corrected chi connectivity index (χ1v) is 8.13. The molecule has 0 fully saturated rings. The lowest BCUT2D eigenvalue weighted by Crippen LogP contribution is -2.33. The lowest BCUT2D eigenvalue weighted by atomic mass is 10.1. The maximum Gasteiger partial charge on any atom is 0.233 e. The molecule has 5 heteroatoms. The van der Waals surface area contributed by atoms with Gasteiger partial charge in [0.25, 0.3) is 0 Å². The van der Waals surface area contributed by atoms with E-state index in [2.05, 4.69) is 16.9 Å². The van der Waals surface area contributed by atoms with E-state index < -0.39 is 0 Å². The van der Waals surface area contributed by atoms with Crippen LogP contribution < -0.4 is 5.32 Å². The van der Waals surface area contributed by atoms with Gasteiger partial charge in [-0.05, 0) is 48.7 Å². The molecule has 5 nitrogen and oxygen atoms in total. The van der Waals surface area contributed by atoms with Crippen molar-refractivity contribution in [1.29, 1.82) is 0 Å². The number of amides is 2. The van der Waals surface area contributed by atoms with Crippen molar-refractivity contribution < 1.29 is 9.59 Å². The highest BCUT2D eigenvalue weighted by molar-refractivity contribution is 6.03. The molecule has 2 rings (SSSR count). The number of pyridine rings is 1. The minimum atomic E-state index is -0.324. The van der Waals surface area contributed by atoms with Gasteiger partial charge in [-0.25, -0.2) is 0 Å². The van der Waals surface area contributed by atoms with Crippen LogP contribution in [0.3, 0.4) is 0 Å². The zero-order chi connectivity index (χ0) is 18.2. The summed E-state index contributed by atoms with van der Waals surface area (Å²) < 4.78 is 0. The van der Waals surface area contributed by atoms with Gasteiger partial charge in [0.05, 0.1) is 0 Å². The molecule has 130 valence electrons. The van der Waals surface area contributed by atoms with E-state index in [0.29, 0.717) is 18.8 Å². The molecule has 1 aromatic carbocycles. The van der Waals surface area contributed by atoms with E-state index in [9.17, 15) is 9.59 Å².